The number of benzene rings is 2. The van der Waals surface area contributed by atoms with Gasteiger partial charge in [0.1, 0.15) is 0 Å². The smallest absolute Gasteiger partial charge is 0.231 e. The van der Waals surface area contributed by atoms with Crippen LogP contribution in [-0.4, -0.2) is 27.8 Å². The summed E-state index contributed by atoms with van der Waals surface area (Å²) in [6.07, 6.45) is 2.22. The molecule has 0 N–H and O–H groups in total. The molecule has 25 heavy (non-hydrogen) atoms. The first-order valence-corrected chi connectivity index (χ1v) is 8.60. The van der Waals surface area contributed by atoms with Gasteiger partial charge in [0.05, 0.1) is 5.52 Å². The summed E-state index contributed by atoms with van der Waals surface area (Å²) in [6.45, 7) is 3.17. The van der Waals surface area contributed by atoms with Crippen LogP contribution in [0.4, 0.5) is 0 Å². The second-order valence-corrected chi connectivity index (χ2v) is 6.03. The predicted molar refractivity (Wildman–Crippen MR) is 99.3 cm³/mol. The molecule has 2 aromatic carbocycles. The van der Waals surface area contributed by atoms with Crippen molar-refractivity contribution in [2.75, 3.05) is 6.54 Å². The average molecular weight is 334 g/mol. The van der Waals surface area contributed by atoms with E-state index in [-0.39, 0.29) is 24.7 Å². The monoisotopic (exact) mass is 334 g/mol. The Bertz CT molecular complexity index is 868. The standard InChI is InChI=1S/C21H22N2O2/c1-2-22(16-17-8-4-3-5-9-17)20(24)12-13-21(25)23-15-14-18-10-6-7-11-19(18)23/h3-11,14-15H,2,12-13,16H2,1H3. The summed E-state index contributed by atoms with van der Waals surface area (Å²) in [5.74, 6) is -0.0403. The van der Waals surface area contributed by atoms with Crippen molar-refractivity contribution in [2.24, 2.45) is 0 Å². The molecule has 3 aromatic rings. The lowest BCUT2D eigenvalue weighted by Gasteiger charge is -2.21. The maximum Gasteiger partial charge on any atom is 0.231 e. The van der Waals surface area contributed by atoms with Crippen LogP contribution in [0.15, 0.2) is 66.9 Å². The van der Waals surface area contributed by atoms with Crippen LogP contribution >= 0.6 is 0 Å². The molecule has 4 heteroatoms. The molecule has 0 saturated carbocycles. The van der Waals surface area contributed by atoms with Crippen molar-refractivity contribution in [1.29, 1.82) is 0 Å². The molecule has 0 aliphatic rings. The minimum Gasteiger partial charge on any atom is -0.339 e. The van der Waals surface area contributed by atoms with E-state index in [0.29, 0.717) is 13.1 Å². The number of rotatable bonds is 6. The molecule has 4 nitrogen and oxygen atoms in total. The van der Waals surface area contributed by atoms with E-state index < -0.39 is 0 Å². The largest absolute Gasteiger partial charge is 0.339 e. The first-order chi connectivity index (χ1) is 12.2. The van der Waals surface area contributed by atoms with Crippen molar-refractivity contribution in [1.82, 2.24) is 9.47 Å². The summed E-state index contributed by atoms with van der Waals surface area (Å²) in [5, 5.41) is 1.03. The first-order valence-electron chi connectivity index (χ1n) is 8.60. The Morgan fingerprint density at radius 1 is 0.920 bits per heavy atom. The van der Waals surface area contributed by atoms with Gasteiger partial charge in [-0.15, -0.1) is 0 Å². The number of para-hydroxylation sites is 1. The minimum absolute atomic E-state index is 0.0103. The molecule has 0 bridgehead atoms. The van der Waals surface area contributed by atoms with E-state index in [1.54, 1.807) is 15.7 Å². The number of aromatic nitrogens is 1. The van der Waals surface area contributed by atoms with E-state index >= 15 is 0 Å². The predicted octanol–water partition coefficient (Wildman–Crippen LogP) is 4.11. The first kappa shape index (κ1) is 17.0. The highest BCUT2D eigenvalue weighted by Gasteiger charge is 2.15. The lowest BCUT2D eigenvalue weighted by molar-refractivity contribution is -0.131. The summed E-state index contributed by atoms with van der Waals surface area (Å²) in [7, 11) is 0. The van der Waals surface area contributed by atoms with Crippen molar-refractivity contribution >= 4 is 22.7 Å². The molecular weight excluding hydrogens is 312 g/mol. The molecule has 1 aromatic heterocycles. The molecule has 0 saturated heterocycles. The molecule has 128 valence electrons. The molecule has 1 amide bonds. The lowest BCUT2D eigenvalue weighted by atomic mass is 10.2. The zero-order valence-corrected chi connectivity index (χ0v) is 14.4. The highest BCUT2D eigenvalue weighted by atomic mass is 16.2. The molecule has 0 fully saturated rings. The molecule has 3 rings (SSSR count). The second-order valence-electron chi connectivity index (χ2n) is 6.03. The zero-order valence-electron chi connectivity index (χ0n) is 14.4. The number of hydrogen-bond acceptors (Lipinski definition) is 2. The molecule has 0 aliphatic heterocycles. The van der Waals surface area contributed by atoms with Crippen LogP contribution in [-0.2, 0) is 11.3 Å². The van der Waals surface area contributed by atoms with Crippen molar-refractivity contribution in [3.8, 4) is 0 Å². The lowest BCUT2D eigenvalue weighted by Crippen LogP contribution is -2.30. The number of hydrogen-bond donors (Lipinski definition) is 0. The number of fused-ring (bicyclic) bond motifs is 1. The maximum absolute atomic E-state index is 12.5. The molecule has 0 atom stereocenters. The van der Waals surface area contributed by atoms with Crippen LogP contribution in [0.25, 0.3) is 10.9 Å². The van der Waals surface area contributed by atoms with Gasteiger partial charge in [0.2, 0.25) is 11.8 Å². The van der Waals surface area contributed by atoms with E-state index in [2.05, 4.69) is 0 Å². The van der Waals surface area contributed by atoms with Gasteiger partial charge >= 0.3 is 0 Å². The van der Waals surface area contributed by atoms with Gasteiger partial charge in [-0.25, -0.2) is 0 Å². The van der Waals surface area contributed by atoms with E-state index in [1.165, 1.54) is 0 Å². The Hall–Kier alpha value is -2.88. The van der Waals surface area contributed by atoms with E-state index in [1.807, 2.05) is 67.6 Å². The second kappa shape index (κ2) is 7.79. The minimum atomic E-state index is -0.0506. The Balaban J connectivity index is 1.61. The van der Waals surface area contributed by atoms with E-state index in [0.717, 1.165) is 16.5 Å². The average Bonchev–Trinajstić information content (AvgIpc) is 3.09. The molecule has 0 aliphatic carbocycles. The SMILES string of the molecule is CCN(Cc1ccccc1)C(=O)CCC(=O)n1ccc2ccccc21. The molecule has 0 spiro atoms. The summed E-state index contributed by atoms with van der Waals surface area (Å²) < 4.78 is 1.64. The Morgan fingerprint density at radius 2 is 1.64 bits per heavy atom. The van der Waals surface area contributed by atoms with Crippen molar-refractivity contribution in [3.05, 3.63) is 72.4 Å². The Kier molecular flexibility index (Phi) is 5.29. The topological polar surface area (TPSA) is 42.3 Å². The van der Waals surface area contributed by atoms with Crippen LogP contribution in [0.3, 0.4) is 0 Å². The summed E-state index contributed by atoms with van der Waals surface area (Å²) in [4.78, 5) is 26.8. The van der Waals surface area contributed by atoms with Gasteiger partial charge < -0.3 is 4.90 Å². The number of carbonyl (C=O) groups is 2. The third-order valence-corrected chi connectivity index (χ3v) is 4.37. The molecular formula is C21H22N2O2. The van der Waals surface area contributed by atoms with Crippen LogP contribution in [0.1, 0.15) is 30.1 Å². The summed E-state index contributed by atoms with van der Waals surface area (Å²) in [6, 6.07) is 19.6. The highest BCUT2D eigenvalue weighted by Crippen LogP contribution is 2.16. The number of carbonyl (C=O) groups excluding carboxylic acids is 2. The van der Waals surface area contributed by atoms with Gasteiger partial charge in [0.15, 0.2) is 0 Å². The summed E-state index contributed by atoms with van der Waals surface area (Å²) >= 11 is 0. The Morgan fingerprint density at radius 3 is 2.40 bits per heavy atom. The van der Waals surface area contributed by atoms with Crippen LogP contribution < -0.4 is 0 Å². The van der Waals surface area contributed by atoms with Gasteiger partial charge in [0, 0.05) is 37.5 Å². The fraction of sp³-hybridized carbons (Fsp3) is 0.238. The fourth-order valence-corrected chi connectivity index (χ4v) is 2.97. The van der Waals surface area contributed by atoms with Crippen LogP contribution in [0.2, 0.25) is 0 Å². The van der Waals surface area contributed by atoms with Gasteiger partial charge in [-0.3, -0.25) is 14.2 Å². The molecule has 1 heterocycles. The number of amides is 1. The van der Waals surface area contributed by atoms with Gasteiger partial charge in [0.25, 0.3) is 0 Å². The van der Waals surface area contributed by atoms with Crippen LogP contribution in [0.5, 0.6) is 0 Å². The molecule has 0 radical (unpaired) electrons. The Labute approximate surface area is 147 Å². The zero-order chi connectivity index (χ0) is 17.6. The third-order valence-electron chi connectivity index (χ3n) is 4.37. The summed E-state index contributed by atoms with van der Waals surface area (Å²) in [5.41, 5.74) is 1.98. The highest BCUT2D eigenvalue weighted by molar-refractivity contribution is 5.93. The normalized spacial score (nSPS) is 10.8. The van der Waals surface area contributed by atoms with Gasteiger partial charge in [-0.05, 0) is 24.6 Å². The number of nitrogens with zero attached hydrogens (tertiary/aromatic N) is 2. The van der Waals surface area contributed by atoms with Gasteiger partial charge in [-0.1, -0.05) is 48.5 Å². The fourth-order valence-electron chi connectivity index (χ4n) is 2.97. The van der Waals surface area contributed by atoms with Crippen molar-refractivity contribution in [2.45, 2.75) is 26.3 Å². The van der Waals surface area contributed by atoms with Gasteiger partial charge in [-0.2, -0.15) is 0 Å². The van der Waals surface area contributed by atoms with Crippen LogP contribution in [0, 0.1) is 0 Å². The van der Waals surface area contributed by atoms with Crippen molar-refractivity contribution in [3.63, 3.8) is 0 Å². The van der Waals surface area contributed by atoms with E-state index in [9.17, 15) is 9.59 Å². The maximum atomic E-state index is 12.5. The quantitative estimate of drug-likeness (QED) is 0.681. The van der Waals surface area contributed by atoms with E-state index in [4.69, 9.17) is 0 Å². The molecule has 0 unspecified atom stereocenters. The van der Waals surface area contributed by atoms with Crippen molar-refractivity contribution < 1.29 is 9.59 Å². The third kappa shape index (κ3) is 3.97.